The number of nitrogens with one attached hydrogen (secondary N) is 1. The summed E-state index contributed by atoms with van der Waals surface area (Å²) >= 11 is 0. The molecule has 1 amide bonds. The van der Waals surface area contributed by atoms with Gasteiger partial charge in [-0.1, -0.05) is 44.6 Å². The Balaban J connectivity index is 1.49. The Kier molecular flexibility index (Phi) is 9.23. The maximum atomic E-state index is 12.3. The largest absolute Gasteiger partial charge is 0.459 e. The number of hydrogen-bond donors (Lipinski definition) is 2. The maximum Gasteiger partial charge on any atom is 0.303 e. The number of carbonyl (C=O) groups excluding carboxylic acids is 2. The summed E-state index contributed by atoms with van der Waals surface area (Å²) in [5, 5.41) is 13.8. The highest BCUT2D eigenvalue weighted by atomic mass is 16.6. The van der Waals surface area contributed by atoms with Gasteiger partial charge in [0, 0.05) is 18.9 Å². The maximum absolute atomic E-state index is 12.3. The highest BCUT2D eigenvalue weighted by Gasteiger charge is 2.59. The van der Waals surface area contributed by atoms with Crippen LogP contribution in [0.4, 0.5) is 0 Å². The molecule has 202 valence electrons. The van der Waals surface area contributed by atoms with Gasteiger partial charge in [-0.25, -0.2) is 0 Å². The summed E-state index contributed by atoms with van der Waals surface area (Å²) in [7, 11) is 0. The average molecular weight is 504 g/mol. The monoisotopic (exact) mass is 503 g/mol. The number of rotatable bonds is 8. The van der Waals surface area contributed by atoms with Crippen molar-refractivity contribution in [1.82, 2.24) is 5.32 Å². The Labute approximate surface area is 216 Å². The van der Waals surface area contributed by atoms with E-state index in [4.69, 9.17) is 14.2 Å². The zero-order chi connectivity index (χ0) is 26.7. The third-order valence-electron chi connectivity index (χ3n) is 7.72. The molecule has 0 aromatic carbocycles. The van der Waals surface area contributed by atoms with E-state index in [-0.39, 0.29) is 53.0 Å². The minimum Gasteiger partial charge on any atom is -0.459 e. The molecular formula is C29H45NO6. The summed E-state index contributed by atoms with van der Waals surface area (Å²) in [6.07, 6.45) is 12.0. The minimum absolute atomic E-state index is 0.0736. The number of aliphatic hydroxyl groups excluding tert-OH is 1. The number of ether oxygens (including phenoxy) is 3. The zero-order valence-electron chi connectivity index (χ0n) is 23.0. The summed E-state index contributed by atoms with van der Waals surface area (Å²) < 4.78 is 17.0. The summed E-state index contributed by atoms with van der Waals surface area (Å²) in [5.74, 6) is -0.207. The molecule has 2 aliphatic heterocycles. The van der Waals surface area contributed by atoms with Crippen LogP contribution < -0.4 is 5.32 Å². The molecule has 1 spiro atoms. The van der Waals surface area contributed by atoms with Gasteiger partial charge in [0.05, 0.1) is 31.0 Å². The average Bonchev–Trinajstić information content (AvgIpc) is 3.54. The molecule has 0 radical (unpaired) electrons. The lowest BCUT2D eigenvalue weighted by molar-refractivity contribution is -0.143. The second-order valence-electron chi connectivity index (χ2n) is 11.9. The van der Waals surface area contributed by atoms with Gasteiger partial charge in [0.1, 0.15) is 11.7 Å². The van der Waals surface area contributed by atoms with Gasteiger partial charge in [-0.15, -0.1) is 0 Å². The van der Waals surface area contributed by atoms with E-state index in [9.17, 15) is 14.7 Å². The molecule has 0 bridgehead atoms. The molecule has 3 fully saturated rings. The molecule has 0 aromatic heterocycles. The van der Waals surface area contributed by atoms with Crippen molar-refractivity contribution in [2.24, 2.45) is 17.3 Å². The van der Waals surface area contributed by atoms with Gasteiger partial charge in [0.2, 0.25) is 5.91 Å². The molecule has 3 rings (SSSR count). The first-order valence-electron chi connectivity index (χ1n) is 13.3. The number of aliphatic hydroxyl groups is 1. The molecule has 7 nitrogen and oxygen atoms in total. The van der Waals surface area contributed by atoms with Crippen LogP contribution in [0.1, 0.15) is 74.1 Å². The first-order chi connectivity index (χ1) is 16.8. The summed E-state index contributed by atoms with van der Waals surface area (Å²) in [6.45, 7) is 14.5. The van der Waals surface area contributed by atoms with E-state index in [0.717, 1.165) is 31.3 Å². The number of amides is 1. The number of epoxide rings is 1. The summed E-state index contributed by atoms with van der Waals surface area (Å²) in [5.41, 5.74) is 0.979. The van der Waals surface area contributed by atoms with Crippen LogP contribution in [-0.4, -0.2) is 59.6 Å². The van der Waals surface area contributed by atoms with E-state index in [1.165, 1.54) is 13.0 Å². The van der Waals surface area contributed by atoms with Crippen LogP contribution in [0, 0.1) is 17.3 Å². The van der Waals surface area contributed by atoms with E-state index in [1.54, 1.807) is 13.0 Å². The van der Waals surface area contributed by atoms with Crippen molar-refractivity contribution < 1.29 is 28.9 Å². The second-order valence-corrected chi connectivity index (χ2v) is 11.9. The van der Waals surface area contributed by atoms with Gasteiger partial charge in [-0.3, -0.25) is 9.59 Å². The molecule has 1 aliphatic carbocycles. The molecule has 0 aromatic rings. The quantitative estimate of drug-likeness (QED) is 0.222. The highest BCUT2D eigenvalue weighted by Crippen LogP contribution is 2.52. The van der Waals surface area contributed by atoms with Crippen molar-refractivity contribution in [2.75, 3.05) is 6.61 Å². The smallest absolute Gasteiger partial charge is 0.303 e. The van der Waals surface area contributed by atoms with E-state index >= 15 is 0 Å². The summed E-state index contributed by atoms with van der Waals surface area (Å²) in [4.78, 5) is 23.3. The Morgan fingerprint density at radius 2 is 1.92 bits per heavy atom. The van der Waals surface area contributed by atoms with Crippen molar-refractivity contribution in [3.8, 4) is 0 Å². The Hall–Kier alpha value is -1.96. The van der Waals surface area contributed by atoms with Crippen LogP contribution in [0.3, 0.4) is 0 Å². The van der Waals surface area contributed by atoms with Crippen LogP contribution in [0.5, 0.6) is 0 Å². The van der Waals surface area contributed by atoms with E-state index < -0.39 is 12.2 Å². The number of hydrogen-bond acceptors (Lipinski definition) is 6. The molecule has 8 atom stereocenters. The van der Waals surface area contributed by atoms with Crippen molar-refractivity contribution in [2.45, 2.75) is 110 Å². The topological polar surface area (TPSA) is 97.4 Å². The lowest BCUT2D eigenvalue weighted by atomic mass is 9.65. The van der Waals surface area contributed by atoms with Crippen LogP contribution >= 0.6 is 0 Å². The fraction of sp³-hybridized carbons (Fsp3) is 0.724. The van der Waals surface area contributed by atoms with E-state index in [1.807, 2.05) is 6.92 Å². The number of allylic oxidation sites excluding steroid dienone is 2. The summed E-state index contributed by atoms with van der Waals surface area (Å²) in [6, 6.07) is -0.0736. The molecule has 2 saturated heterocycles. The Morgan fingerprint density at radius 1 is 1.22 bits per heavy atom. The fourth-order valence-corrected chi connectivity index (χ4v) is 5.78. The first kappa shape index (κ1) is 28.6. The van der Waals surface area contributed by atoms with Crippen LogP contribution in [0.25, 0.3) is 0 Å². The van der Waals surface area contributed by atoms with Crippen molar-refractivity contribution in [3.63, 3.8) is 0 Å². The molecule has 3 aliphatic rings. The van der Waals surface area contributed by atoms with E-state index in [2.05, 4.69) is 51.2 Å². The second kappa shape index (κ2) is 11.6. The lowest BCUT2D eigenvalue weighted by Crippen LogP contribution is -2.50. The van der Waals surface area contributed by atoms with Crippen LogP contribution in [-0.2, 0) is 23.8 Å². The lowest BCUT2D eigenvalue weighted by Gasteiger charge is -2.41. The minimum atomic E-state index is -0.448. The van der Waals surface area contributed by atoms with Crippen molar-refractivity contribution >= 4 is 11.9 Å². The van der Waals surface area contributed by atoms with Gasteiger partial charge in [-0.2, -0.15) is 0 Å². The van der Waals surface area contributed by atoms with Crippen molar-refractivity contribution in [3.05, 3.63) is 36.0 Å². The molecule has 1 saturated carbocycles. The molecule has 36 heavy (non-hydrogen) atoms. The predicted molar refractivity (Wildman–Crippen MR) is 139 cm³/mol. The first-order valence-corrected chi connectivity index (χ1v) is 13.3. The number of carbonyl (C=O) groups is 2. The predicted octanol–water partition coefficient (Wildman–Crippen LogP) is 4.25. The van der Waals surface area contributed by atoms with Crippen LogP contribution in [0.15, 0.2) is 36.0 Å². The van der Waals surface area contributed by atoms with Gasteiger partial charge in [-0.05, 0) is 63.9 Å². The third kappa shape index (κ3) is 7.77. The van der Waals surface area contributed by atoms with Gasteiger partial charge >= 0.3 is 5.97 Å². The standard InChI is InChI=1S/C29H45NO6/c1-18(8-11-23-15-28(6,7)16-29(17-34-29)27(23)33)9-12-25-19(2)14-24(21(4)36-25)30-26(32)13-10-20(3)35-22(5)31/h8-11,13,19-21,23-25,27,33H,12,14-17H2,1-7H3,(H,30,32)/b11-8+,13-10-,18-9+/t19-,20-,21+,23-,24+,25-,27+,29+/m0/s1. The Morgan fingerprint density at radius 3 is 2.56 bits per heavy atom. The van der Waals surface area contributed by atoms with Gasteiger partial charge in [0.25, 0.3) is 0 Å². The third-order valence-corrected chi connectivity index (χ3v) is 7.72. The molecular weight excluding hydrogens is 458 g/mol. The van der Waals surface area contributed by atoms with Gasteiger partial charge in [0.15, 0.2) is 0 Å². The normalized spacial score (nSPS) is 37.3. The molecule has 7 heteroatoms. The molecule has 2 heterocycles. The van der Waals surface area contributed by atoms with Gasteiger partial charge < -0.3 is 24.6 Å². The van der Waals surface area contributed by atoms with Crippen molar-refractivity contribution in [1.29, 1.82) is 0 Å². The number of esters is 1. The molecule has 2 N–H and O–H groups in total. The zero-order valence-corrected chi connectivity index (χ0v) is 23.0. The van der Waals surface area contributed by atoms with Crippen LogP contribution in [0.2, 0.25) is 0 Å². The highest BCUT2D eigenvalue weighted by molar-refractivity contribution is 5.87. The Bertz CT molecular complexity index is 886. The van der Waals surface area contributed by atoms with E-state index in [0.29, 0.717) is 6.61 Å². The fourth-order valence-electron chi connectivity index (χ4n) is 5.78. The molecule has 0 unspecified atom stereocenters. The SMILES string of the molecule is CC(=O)O[C@@H](C)/C=C\C(=O)N[C@@H]1C[C@H](C)[C@H](C/C=C(C)/C=C/[C@H]2CC(C)(C)C[C@@]3(CO3)[C@@H]2O)O[C@@H]1C.